The van der Waals surface area contributed by atoms with Crippen molar-refractivity contribution in [3.05, 3.63) is 29.1 Å². The molecule has 2 heterocycles. The van der Waals surface area contributed by atoms with Crippen LogP contribution in [0, 0.1) is 11.3 Å². The smallest absolute Gasteiger partial charge is 0.146 e. The van der Waals surface area contributed by atoms with E-state index in [1.165, 1.54) is 11.3 Å². The van der Waals surface area contributed by atoms with E-state index in [9.17, 15) is 0 Å². The molecule has 0 spiro atoms. The maximum atomic E-state index is 8.65. The first kappa shape index (κ1) is 8.66. The van der Waals surface area contributed by atoms with Gasteiger partial charge in [-0.15, -0.1) is 21.5 Å². The van der Waals surface area contributed by atoms with Gasteiger partial charge in [0.05, 0.1) is 4.88 Å². The Labute approximate surface area is 84.6 Å². The highest BCUT2D eigenvalue weighted by molar-refractivity contribution is 7.15. The standard InChI is InChI=1S/C9H6N4S/c10-5-6-1-3-8(14-6)7-2-4-9(11)13-12-7/h1-4H,(H2,11,13). The van der Waals surface area contributed by atoms with E-state index in [4.69, 9.17) is 11.0 Å². The maximum Gasteiger partial charge on any atom is 0.146 e. The number of aromatic nitrogens is 2. The molecular weight excluding hydrogens is 196 g/mol. The first-order valence-corrected chi connectivity index (χ1v) is 4.71. The van der Waals surface area contributed by atoms with Gasteiger partial charge in [0.15, 0.2) is 0 Å². The second kappa shape index (κ2) is 3.44. The Morgan fingerprint density at radius 3 is 2.64 bits per heavy atom. The molecular formula is C9H6N4S. The summed E-state index contributed by atoms with van der Waals surface area (Å²) in [5.41, 5.74) is 6.15. The molecule has 5 heteroatoms. The number of nitrogens with two attached hydrogens (primary N) is 1. The lowest BCUT2D eigenvalue weighted by molar-refractivity contribution is 1.05. The van der Waals surface area contributed by atoms with E-state index in [1.807, 2.05) is 6.07 Å². The maximum absolute atomic E-state index is 8.65. The van der Waals surface area contributed by atoms with Crippen LogP contribution in [0.25, 0.3) is 10.6 Å². The van der Waals surface area contributed by atoms with Crippen LogP contribution in [0.3, 0.4) is 0 Å². The molecule has 0 saturated heterocycles. The lowest BCUT2D eigenvalue weighted by Crippen LogP contribution is -1.92. The molecule has 0 unspecified atom stereocenters. The molecule has 2 aromatic rings. The predicted molar refractivity (Wildman–Crippen MR) is 54.5 cm³/mol. The summed E-state index contributed by atoms with van der Waals surface area (Å²) in [6.07, 6.45) is 0. The third kappa shape index (κ3) is 1.56. The fraction of sp³-hybridized carbons (Fsp3) is 0. The minimum Gasteiger partial charge on any atom is -0.382 e. The lowest BCUT2D eigenvalue weighted by atomic mass is 10.3. The summed E-state index contributed by atoms with van der Waals surface area (Å²) < 4.78 is 0. The zero-order chi connectivity index (χ0) is 9.97. The second-order valence-corrected chi connectivity index (χ2v) is 3.70. The number of anilines is 1. The van der Waals surface area contributed by atoms with Crippen molar-refractivity contribution < 1.29 is 0 Å². The van der Waals surface area contributed by atoms with Gasteiger partial charge >= 0.3 is 0 Å². The Morgan fingerprint density at radius 1 is 1.21 bits per heavy atom. The third-order valence-corrected chi connectivity index (χ3v) is 2.67. The number of nitrogen functional groups attached to an aromatic ring is 1. The number of hydrogen-bond acceptors (Lipinski definition) is 5. The van der Waals surface area contributed by atoms with E-state index in [2.05, 4.69) is 16.3 Å². The fourth-order valence-corrected chi connectivity index (χ4v) is 1.78. The largest absolute Gasteiger partial charge is 0.382 e. The summed E-state index contributed by atoms with van der Waals surface area (Å²) in [7, 11) is 0. The summed E-state index contributed by atoms with van der Waals surface area (Å²) >= 11 is 1.39. The van der Waals surface area contributed by atoms with Gasteiger partial charge in [-0.2, -0.15) is 5.26 Å². The minimum absolute atomic E-state index is 0.394. The van der Waals surface area contributed by atoms with Gasteiger partial charge in [-0.05, 0) is 24.3 Å². The van der Waals surface area contributed by atoms with Crippen molar-refractivity contribution in [2.45, 2.75) is 0 Å². The molecule has 68 valence electrons. The van der Waals surface area contributed by atoms with Crippen molar-refractivity contribution in [1.82, 2.24) is 10.2 Å². The Hall–Kier alpha value is -1.93. The molecule has 0 aliphatic carbocycles. The number of rotatable bonds is 1. The van der Waals surface area contributed by atoms with Crippen molar-refractivity contribution in [2.75, 3.05) is 5.73 Å². The van der Waals surface area contributed by atoms with Crippen LogP contribution < -0.4 is 5.73 Å². The van der Waals surface area contributed by atoms with Crippen molar-refractivity contribution in [2.24, 2.45) is 0 Å². The molecule has 4 nitrogen and oxygen atoms in total. The lowest BCUT2D eigenvalue weighted by Gasteiger charge is -1.94. The zero-order valence-electron chi connectivity index (χ0n) is 7.14. The van der Waals surface area contributed by atoms with Crippen molar-refractivity contribution >= 4 is 17.2 Å². The molecule has 2 aromatic heterocycles. The Bertz CT molecular complexity index is 480. The van der Waals surface area contributed by atoms with Crippen molar-refractivity contribution in [3.63, 3.8) is 0 Å². The van der Waals surface area contributed by atoms with E-state index in [0.29, 0.717) is 10.7 Å². The molecule has 0 bridgehead atoms. The summed E-state index contributed by atoms with van der Waals surface area (Å²) in [6.45, 7) is 0. The average Bonchev–Trinajstić information content (AvgIpc) is 2.67. The summed E-state index contributed by atoms with van der Waals surface area (Å²) in [5, 5.41) is 16.3. The van der Waals surface area contributed by atoms with Gasteiger partial charge in [0.1, 0.15) is 22.5 Å². The highest BCUT2D eigenvalue weighted by Crippen LogP contribution is 2.25. The van der Waals surface area contributed by atoms with Crippen LogP contribution in [-0.2, 0) is 0 Å². The Balaban J connectivity index is 2.40. The predicted octanol–water partition coefficient (Wildman–Crippen LogP) is 1.66. The van der Waals surface area contributed by atoms with Crippen LogP contribution in [0.15, 0.2) is 24.3 Å². The topological polar surface area (TPSA) is 75.6 Å². The molecule has 0 saturated carbocycles. The van der Waals surface area contributed by atoms with Gasteiger partial charge in [0, 0.05) is 0 Å². The first-order valence-electron chi connectivity index (χ1n) is 3.89. The van der Waals surface area contributed by atoms with Crippen LogP contribution in [-0.4, -0.2) is 10.2 Å². The van der Waals surface area contributed by atoms with E-state index in [-0.39, 0.29) is 0 Å². The van der Waals surface area contributed by atoms with Gasteiger partial charge in [-0.1, -0.05) is 0 Å². The average molecular weight is 202 g/mol. The van der Waals surface area contributed by atoms with Crippen LogP contribution in [0.4, 0.5) is 5.82 Å². The quantitative estimate of drug-likeness (QED) is 0.763. The van der Waals surface area contributed by atoms with Crippen LogP contribution >= 0.6 is 11.3 Å². The van der Waals surface area contributed by atoms with Gasteiger partial charge in [-0.25, -0.2) is 0 Å². The molecule has 0 atom stereocenters. The van der Waals surface area contributed by atoms with Gasteiger partial charge in [0.2, 0.25) is 0 Å². The molecule has 14 heavy (non-hydrogen) atoms. The van der Waals surface area contributed by atoms with Crippen molar-refractivity contribution in [3.8, 4) is 16.6 Å². The van der Waals surface area contributed by atoms with E-state index in [1.54, 1.807) is 18.2 Å². The number of hydrogen-bond donors (Lipinski definition) is 1. The highest BCUT2D eigenvalue weighted by Gasteiger charge is 2.03. The molecule has 0 aliphatic heterocycles. The zero-order valence-corrected chi connectivity index (χ0v) is 7.95. The number of nitrogens with zero attached hydrogens (tertiary/aromatic N) is 3. The molecule has 2 rings (SSSR count). The Morgan fingerprint density at radius 2 is 2.07 bits per heavy atom. The van der Waals surface area contributed by atoms with E-state index >= 15 is 0 Å². The molecule has 0 aliphatic rings. The molecule has 0 aromatic carbocycles. The summed E-state index contributed by atoms with van der Waals surface area (Å²) in [4.78, 5) is 1.59. The van der Waals surface area contributed by atoms with E-state index in [0.717, 1.165) is 10.6 Å². The molecule has 0 amide bonds. The number of nitriles is 1. The van der Waals surface area contributed by atoms with Gasteiger partial charge in [0.25, 0.3) is 0 Å². The third-order valence-electron chi connectivity index (χ3n) is 1.65. The van der Waals surface area contributed by atoms with Gasteiger partial charge < -0.3 is 5.73 Å². The number of thiophene rings is 1. The monoisotopic (exact) mass is 202 g/mol. The normalized spacial score (nSPS) is 9.64. The van der Waals surface area contributed by atoms with Crippen LogP contribution in [0.2, 0.25) is 0 Å². The second-order valence-electron chi connectivity index (χ2n) is 2.62. The molecule has 0 fully saturated rings. The highest BCUT2D eigenvalue weighted by atomic mass is 32.1. The van der Waals surface area contributed by atoms with Gasteiger partial charge in [-0.3, -0.25) is 0 Å². The van der Waals surface area contributed by atoms with Crippen LogP contribution in [0.5, 0.6) is 0 Å². The van der Waals surface area contributed by atoms with E-state index < -0.39 is 0 Å². The van der Waals surface area contributed by atoms with Crippen molar-refractivity contribution in [1.29, 1.82) is 5.26 Å². The Kier molecular flexibility index (Phi) is 2.13. The van der Waals surface area contributed by atoms with Crippen LogP contribution in [0.1, 0.15) is 4.88 Å². The summed E-state index contributed by atoms with van der Waals surface area (Å²) in [5.74, 6) is 0.394. The fourth-order valence-electron chi connectivity index (χ4n) is 1.01. The molecule has 2 N–H and O–H groups in total. The SMILES string of the molecule is N#Cc1ccc(-c2ccc(N)nn2)s1. The minimum atomic E-state index is 0.394. The summed E-state index contributed by atoms with van der Waals surface area (Å²) in [6, 6.07) is 9.16. The molecule has 0 radical (unpaired) electrons. The first-order chi connectivity index (χ1) is 6.79.